The van der Waals surface area contributed by atoms with Gasteiger partial charge in [0.1, 0.15) is 5.82 Å². The third kappa shape index (κ3) is 4.08. The first-order valence-corrected chi connectivity index (χ1v) is 12.2. The van der Waals surface area contributed by atoms with Crippen LogP contribution in [-0.4, -0.2) is 37.0 Å². The predicted octanol–water partition coefficient (Wildman–Crippen LogP) is 5.33. The number of amides is 1. The molecule has 1 N–H and O–H groups in total. The Morgan fingerprint density at radius 2 is 1.69 bits per heavy atom. The molecular formula is C30H25FN4O. The standard InChI is InChI=1S/C30H25FN4O/c31-26-17-22(18-32)8-11-28(26)35-14-12-34(13-15-35)19-21-6-4-20(5-7-21)16-23-9-10-27-29-24(23)2-1-3-25(29)30(36)33-27/h1-11,17H,12-16,19H2,(H,33,36). The van der Waals surface area contributed by atoms with Crippen molar-refractivity contribution >= 4 is 28.1 Å². The molecule has 0 aromatic heterocycles. The summed E-state index contributed by atoms with van der Waals surface area (Å²) in [4.78, 5) is 16.6. The van der Waals surface area contributed by atoms with Crippen LogP contribution < -0.4 is 10.2 Å². The average Bonchev–Trinajstić information content (AvgIpc) is 3.24. The van der Waals surface area contributed by atoms with Crippen molar-refractivity contribution in [2.24, 2.45) is 0 Å². The second kappa shape index (κ2) is 9.10. The topological polar surface area (TPSA) is 59.4 Å². The number of carbonyl (C=O) groups is 1. The Morgan fingerprint density at radius 3 is 2.44 bits per heavy atom. The molecule has 4 aromatic carbocycles. The fourth-order valence-corrected chi connectivity index (χ4v) is 5.32. The van der Waals surface area contributed by atoms with E-state index in [0.717, 1.165) is 61.2 Å². The molecule has 4 aromatic rings. The first kappa shape index (κ1) is 22.3. The van der Waals surface area contributed by atoms with E-state index in [1.54, 1.807) is 12.1 Å². The van der Waals surface area contributed by atoms with Gasteiger partial charge in [-0.05, 0) is 58.8 Å². The second-order valence-electron chi connectivity index (χ2n) is 9.49. The number of carbonyl (C=O) groups excluding carboxylic acids is 1. The third-order valence-corrected chi connectivity index (χ3v) is 7.24. The van der Waals surface area contributed by atoms with E-state index in [9.17, 15) is 9.18 Å². The van der Waals surface area contributed by atoms with Crippen molar-refractivity contribution in [2.75, 3.05) is 36.4 Å². The summed E-state index contributed by atoms with van der Waals surface area (Å²) in [6.07, 6.45) is 0.809. The molecule has 0 aliphatic carbocycles. The van der Waals surface area contributed by atoms with Crippen molar-refractivity contribution in [1.29, 1.82) is 5.26 Å². The van der Waals surface area contributed by atoms with E-state index in [4.69, 9.17) is 5.26 Å². The smallest absolute Gasteiger partial charge is 0.256 e. The number of anilines is 2. The Bertz CT molecular complexity index is 1520. The Hall–Kier alpha value is -4.21. The number of rotatable bonds is 5. The highest BCUT2D eigenvalue weighted by Crippen LogP contribution is 2.35. The maximum absolute atomic E-state index is 14.4. The van der Waals surface area contributed by atoms with Crippen LogP contribution in [0.3, 0.4) is 0 Å². The normalized spacial score (nSPS) is 15.2. The van der Waals surface area contributed by atoms with Gasteiger partial charge in [0.25, 0.3) is 5.91 Å². The summed E-state index contributed by atoms with van der Waals surface area (Å²) in [5.74, 6) is -0.360. The van der Waals surface area contributed by atoms with Gasteiger partial charge in [-0.1, -0.05) is 42.5 Å². The molecule has 1 fully saturated rings. The summed E-state index contributed by atoms with van der Waals surface area (Å²) in [6.45, 7) is 4.08. The highest BCUT2D eigenvalue weighted by atomic mass is 19.1. The highest BCUT2D eigenvalue weighted by molar-refractivity contribution is 6.24. The molecule has 0 radical (unpaired) electrons. The van der Waals surface area contributed by atoms with E-state index in [1.165, 1.54) is 22.8 Å². The number of nitrogens with zero attached hydrogens (tertiary/aromatic N) is 3. The molecule has 0 saturated carbocycles. The number of hydrogen-bond donors (Lipinski definition) is 1. The quantitative estimate of drug-likeness (QED) is 0.423. The molecule has 178 valence electrons. The molecule has 0 unspecified atom stereocenters. The van der Waals surface area contributed by atoms with Gasteiger partial charge in [-0.3, -0.25) is 9.69 Å². The van der Waals surface area contributed by atoms with Gasteiger partial charge in [-0.15, -0.1) is 0 Å². The monoisotopic (exact) mass is 476 g/mol. The Labute approximate surface area is 209 Å². The van der Waals surface area contributed by atoms with Crippen LogP contribution in [0, 0.1) is 17.1 Å². The molecule has 0 bridgehead atoms. The molecule has 2 aliphatic heterocycles. The molecule has 0 spiro atoms. The maximum atomic E-state index is 14.4. The van der Waals surface area contributed by atoms with Gasteiger partial charge in [0.05, 0.1) is 17.3 Å². The zero-order valence-electron chi connectivity index (χ0n) is 19.8. The van der Waals surface area contributed by atoms with Crippen LogP contribution in [0.25, 0.3) is 10.8 Å². The van der Waals surface area contributed by atoms with Gasteiger partial charge in [0, 0.05) is 49.4 Å². The van der Waals surface area contributed by atoms with Gasteiger partial charge in [-0.25, -0.2) is 4.39 Å². The number of piperazine rings is 1. The van der Waals surface area contributed by atoms with E-state index in [-0.39, 0.29) is 11.7 Å². The van der Waals surface area contributed by atoms with Crippen molar-refractivity contribution in [2.45, 2.75) is 13.0 Å². The van der Waals surface area contributed by atoms with Crippen LogP contribution in [0.5, 0.6) is 0 Å². The molecule has 1 saturated heterocycles. The molecule has 5 nitrogen and oxygen atoms in total. The summed E-state index contributed by atoms with van der Waals surface area (Å²) in [6, 6.07) is 25.5. The Balaban J connectivity index is 1.10. The van der Waals surface area contributed by atoms with Crippen molar-refractivity contribution in [3.63, 3.8) is 0 Å². The molecule has 6 rings (SSSR count). The van der Waals surface area contributed by atoms with Crippen LogP contribution in [0.15, 0.2) is 72.8 Å². The first-order chi connectivity index (χ1) is 17.6. The minimum atomic E-state index is -0.332. The van der Waals surface area contributed by atoms with Gasteiger partial charge >= 0.3 is 0 Å². The summed E-state index contributed by atoms with van der Waals surface area (Å²) in [5, 5.41) is 14.1. The van der Waals surface area contributed by atoms with Crippen molar-refractivity contribution < 1.29 is 9.18 Å². The van der Waals surface area contributed by atoms with Crippen LogP contribution in [0.4, 0.5) is 15.8 Å². The van der Waals surface area contributed by atoms with Crippen LogP contribution in [0.2, 0.25) is 0 Å². The zero-order chi connectivity index (χ0) is 24.6. The molecule has 36 heavy (non-hydrogen) atoms. The lowest BCUT2D eigenvalue weighted by atomic mass is 9.95. The van der Waals surface area contributed by atoms with Crippen LogP contribution in [0.1, 0.15) is 32.6 Å². The second-order valence-corrected chi connectivity index (χ2v) is 9.49. The fraction of sp³-hybridized carbons (Fsp3) is 0.200. The Morgan fingerprint density at radius 1 is 0.917 bits per heavy atom. The number of nitrogens with one attached hydrogen (secondary N) is 1. The summed E-state index contributed by atoms with van der Waals surface area (Å²) in [7, 11) is 0. The van der Waals surface area contributed by atoms with E-state index in [0.29, 0.717) is 11.3 Å². The molecule has 1 amide bonds. The number of hydrogen-bond acceptors (Lipinski definition) is 4. The first-order valence-electron chi connectivity index (χ1n) is 12.2. The van der Waals surface area contributed by atoms with Crippen molar-refractivity contribution in [3.05, 3.63) is 106 Å². The molecule has 0 atom stereocenters. The lowest BCUT2D eigenvalue weighted by Gasteiger charge is -2.36. The van der Waals surface area contributed by atoms with E-state index < -0.39 is 0 Å². The minimum Gasteiger partial charge on any atom is -0.367 e. The van der Waals surface area contributed by atoms with E-state index in [2.05, 4.69) is 51.5 Å². The van der Waals surface area contributed by atoms with Crippen LogP contribution >= 0.6 is 0 Å². The maximum Gasteiger partial charge on any atom is 0.256 e. The molecule has 2 heterocycles. The number of nitriles is 1. The van der Waals surface area contributed by atoms with Crippen molar-refractivity contribution in [3.8, 4) is 6.07 Å². The highest BCUT2D eigenvalue weighted by Gasteiger charge is 2.22. The number of benzene rings is 4. The SMILES string of the molecule is N#Cc1ccc(N2CCN(Cc3ccc(Cc4ccc5c6c(cccc46)C(=O)N5)cc3)CC2)c(F)c1. The fourth-order valence-electron chi connectivity index (χ4n) is 5.32. The molecule has 2 aliphatic rings. The summed E-state index contributed by atoms with van der Waals surface area (Å²) >= 11 is 0. The lowest BCUT2D eigenvalue weighted by Crippen LogP contribution is -2.46. The van der Waals surface area contributed by atoms with E-state index >= 15 is 0 Å². The third-order valence-electron chi connectivity index (χ3n) is 7.24. The predicted molar refractivity (Wildman–Crippen MR) is 140 cm³/mol. The van der Waals surface area contributed by atoms with Gasteiger partial charge in [0.2, 0.25) is 0 Å². The van der Waals surface area contributed by atoms with Gasteiger partial charge < -0.3 is 10.2 Å². The average molecular weight is 477 g/mol. The van der Waals surface area contributed by atoms with Crippen LogP contribution in [-0.2, 0) is 13.0 Å². The summed E-state index contributed by atoms with van der Waals surface area (Å²) in [5.41, 5.74) is 6.27. The largest absolute Gasteiger partial charge is 0.367 e. The van der Waals surface area contributed by atoms with Gasteiger partial charge in [-0.2, -0.15) is 5.26 Å². The summed E-state index contributed by atoms with van der Waals surface area (Å²) < 4.78 is 14.4. The minimum absolute atomic E-state index is 0.0278. The molecule has 6 heteroatoms. The number of halogens is 1. The lowest BCUT2D eigenvalue weighted by molar-refractivity contribution is 0.103. The molecular weight excluding hydrogens is 451 g/mol. The van der Waals surface area contributed by atoms with Gasteiger partial charge in [0.15, 0.2) is 0 Å². The van der Waals surface area contributed by atoms with Crippen molar-refractivity contribution in [1.82, 2.24) is 4.90 Å². The van der Waals surface area contributed by atoms with E-state index in [1.807, 2.05) is 24.3 Å². The Kier molecular flexibility index (Phi) is 5.63. The zero-order valence-corrected chi connectivity index (χ0v) is 19.8.